The van der Waals surface area contributed by atoms with Gasteiger partial charge in [-0.05, 0) is 45.6 Å². The fourth-order valence-corrected chi connectivity index (χ4v) is 2.46. The zero-order valence-electron chi connectivity index (χ0n) is 11.2. The highest BCUT2D eigenvalue weighted by Gasteiger charge is 2.35. The molecule has 0 aliphatic carbocycles. The molecule has 1 saturated heterocycles. The molecule has 0 aromatic heterocycles. The molecule has 1 heterocycles. The van der Waals surface area contributed by atoms with E-state index in [9.17, 15) is 0 Å². The predicted molar refractivity (Wildman–Crippen MR) is 66.7 cm³/mol. The van der Waals surface area contributed by atoms with Crippen LogP contribution in [0.2, 0.25) is 0 Å². The molecule has 3 nitrogen and oxygen atoms in total. The molecule has 0 bridgehead atoms. The van der Waals surface area contributed by atoms with Crippen LogP contribution in [0.1, 0.15) is 40.0 Å². The van der Waals surface area contributed by atoms with Crippen LogP contribution >= 0.6 is 0 Å². The molecule has 96 valence electrons. The third-order valence-electron chi connectivity index (χ3n) is 3.63. The van der Waals surface area contributed by atoms with Crippen molar-refractivity contribution in [2.24, 2.45) is 5.92 Å². The summed E-state index contributed by atoms with van der Waals surface area (Å²) in [7, 11) is 1.81. The van der Waals surface area contributed by atoms with E-state index < -0.39 is 0 Å². The van der Waals surface area contributed by atoms with Crippen molar-refractivity contribution in [1.29, 1.82) is 0 Å². The van der Waals surface area contributed by atoms with Crippen molar-refractivity contribution >= 4 is 0 Å². The third-order valence-corrected chi connectivity index (χ3v) is 3.63. The van der Waals surface area contributed by atoms with Gasteiger partial charge >= 0.3 is 0 Å². The number of hydrogen-bond acceptors (Lipinski definition) is 3. The number of nitrogens with one attached hydrogen (secondary N) is 1. The number of rotatable bonds is 6. The molecule has 1 rings (SSSR count). The first-order valence-corrected chi connectivity index (χ1v) is 6.48. The van der Waals surface area contributed by atoms with Gasteiger partial charge in [-0.3, -0.25) is 0 Å². The zero-order valence-corrected chi connectivity index (χ0v) is 11.2. The highest BCUT2D eigenvalue weighted by atomic mass is 16.5. The molecule has 0 amide bonds. The van der Waals surface area contributed by atoms with E-state index >= 15 is 0 Å². The van der Waals surface area contributed by atoms with Gasteiger partial charge in [-0.2, -0.15) is 0 Å². The van der Waals surface area contributed by atoms with E-state index in [0.29, 0.717) is 12.0 Å². The van der Waals surface area contributed by atoms with Crippen LogP contribution < -0.4 is 5.32 Å². The maximum atomic E-state index is 5.65. The largest absolute Gasteiger partial charge is 0.381 e. The Labute approximate surface area is 99.9 Å². The maximum absolute atomic E-state index is 5.65. The van der Waals surface area contributed by atoms with Gasteiger partial charge in [0.05, 0.1) is 5.60 Å². The second-order valence-corrected chi connectivity index (χ2v) is 5.19. The Bertz CT molecular complexity index is 188. The van der Waals surface area contributed by atoms with Gasteiger partial charge in [-0.25, -0.2) is 0 Å². The molecule has 0 aromatic rings. The molecular weight excluding hydrogens is 202 g/mol. The van der Waals surface area contributed by atoms with Crippen LogP contribution in [0.3, 0.4) is 0 Å². The normalized spacial score (nSPS) is 21.0. The standard InChI is InChI=1S/C13H27NO2/c1-5-8-14-12(13(2,3)15-4)11-6-9-16-10-7-11/h11-12,14H,5-10H2,1-4H3. The van der Waals surface area contributed by atoms with E-state index in [0.717, 1.165) is 32.6 Å². The lowest BCUT2D eigenvalue weighted by atomic mass is 9.82. The summed E-state index contributed by atoms with van der Waals surface area (Å²) in [6, 6.07) is 0.432. The topological polar surface area (TPSA) is 30.5 Å². The minimum Gasteiger partial charge on any atom is -0.381 e. The van der Waals surface area contributed by atoms with Crippen molar-refractivity contribution in [3.63, 3.8) is 0 Å². The quantitative estimate of drug-likeness (QED) is 0.757. The molecule has 3 heteroatoms. The van der Waals surface area contributed by atoms with Crippen LogP contribution in [0.25, 0.3) is 0 Å². The zero-order chi connectivity index (χ0) is 12.0. The average Bonchev–Trinajstić information content (AvgIpc) is 2.31. The number of hydrogen-bond donors (Lipinski definition) is 1. The van der Waals surface area contributed by atoms with Crippen LogP contribution in [0.5, 0.6) is 0 Å². The van der Waals surface area contributed by atoms with Crippen molar-refractivity contribution in [2.45, 2.75) is 51.7 Å². The second-order valence-electron chi connectivity index (χ2n) is 5.19. The first kappa shape index (κ1) is 13.9. The van der Waals surface area contributed by atoms with Gasteiger partial charge in [0, 0.05) is 26.4 Å². The fourth-order valence-electron chi connectivity index (χ4n) is 2.46. The highest BCUT2D eigenvalue weighted by molar-refractivity contribution is 4.91. The summed E-state index contributed by atoms with van der Waals surface area (Å²) >= 11 is 0. The Hall–Kier alpha value is -0.120. The van der Waals surface area contributed by atoms with E-state index in [2.05, 4.69) is 26.1 Å². The van der Waals surface area contributed by atoms with Gasteiger partial charge in [-0.15, -0.1) is 0 Å². The van der Waals surface area contributed by atoms with E-state index in [1.807, 2.05) is 0 Å². The second kappa shape index (κ2) is 6.58. The molecule has 1 aliphatic heterocycles. The Kier molecular flexibility index (Phi) is 5.73. The molecule has 1 fully saturated rings. The summed E-state index contributed by atoms with van der Waals surface area (Å²) in [4.78, 5) is 0. The van der Waals surface area contributed by atoms with Crippen LogP contribution in [0.15, 0.2) is 0 Å². The average molecular weight is 229 g/mol. The van der Waals surface area contributed by atoms with Crippen molar-refractivity contribution in [1.82, 2.24) is 5.32 Å². The van der Waals surface area contributed by atoms with Gasteiger partial charge < -0.3 is 14.8 Å². The Morgan fingerprint density at radius 3 is 2.50 bits per heavy atom. The monoisotopic (exact) mass is 229 g/mol. The Morgan fingerprint density at radius 2 is 2.00 bits per heavy atom. The van der Waals surface area contributed by atoms with Gasteiger partial charge in [0.1, 0.15) is 0 Å². The lowest BCUT2D eigenvalue weighted by Gasteiger charge is -2.40. The van der Waals surface area contributed by atoms with E-state index in [4.69, 9.17) is 9.47 Å². The minimum atomic E-state index is -0.100. The molecule has 1 aliphatic rings. The third kappa shape index (κ3) is 3.72. The van der Waals surface area contributed by atoms with Gasteiger partial charge in [-0.1, -0.05) is 6.92 Å². The SMILES string of the molecule is CCCNC(C1CCOCC1)C(C)(C)OC. The number of ether oxygens (including phenoxy) is 2. The first-order valence-electron chi connectivity index (χ1n) is 6.48. The Morgan fingerprint density at radius 1 is 1.38 bits per heavy atom. The first-order chi connectivity index (χ1) is 7.61. The fraction of sp³-hybridized carbons (Fsp3) is 1.00. The summed E-state index contributed by atoms with van der Waals surface area (Å²) in [5, 5.41) is 3.65. The van der Waals surface area contributed by atoms with Crippen molar-refractivity contribution in [2.75, 3.05) is 26.9 Å². The molecule has 16 heavy (non-hydrogen) atoms. The maximum Gasteiger partial charge on any atom is 0.0777 e. The van der Waals surface area contributed by atoms with Crippen molar-refractivity contribution < 1.29 is 9.47 Å². The van der Waals surface area contributed by atoms with Crippen molar-refractivity contribution in [3.8, 4) is 0 Å². The van der Waals surface area contributed by atoms with E-state index in [1.54, 1.807) is 7.11 Å². The molecule has 0 aromatic carbocycles. The van der Waals surface area contributed by atoms with Gasteiger partial charge in [0.25, 0.3) is 0 Å². The smallest absolute Gasteiger partial charge is 0.0777 e. The summed E-state index contributed by atoms with van der Waals surface area (Å²) < 4.78 is 11.1. The Balaban J connectivity index is 2.61. The molecule has 0 saturated carbocycles. The van der Waals surface area contributed by atoms with Crippen LogP contribution in [-0.2, 0) is 9.47 Å². The van der Waals surface area contributed by atoms with E-state index in [-0.39, 0.29) is 5.60 Å². The molecule has 0 spiro atoms. The summed E-state index contributed by atoms with van der Waals surface area (Å²) in [5.41, 5.74) is -0.100. The molecule has 0 radical (unpaired) electrons. The predicted octanol–water partition coefficient (Wildman–Crippen LogP) is 2.21. The lowest BCUT2D eigenvalue weighted by molar-refractivity contribution is -0.0481. The van der Waals surface area contributed by atoms with Crippen molar-refractivity contribution in [3.05, 3.63) is 0 Å². The summed E-state index contributed by atoms with van der Waals surface area (Å²) in [6.07, 6.45) is 3.46. The summed E-state index contributed by atoms with van der Waals surface area (Å²) in [5.74, 6) is 0.676. The lowest BCUT2D eigenvalue weighted by Crippen LogP contribution is -2.53. The molecule has 1 atom stereocenters. The van der Waals surface area contributed by atoms with Gasteiger partial charge in [0.15, 0.2) is 0 Å². The molecular formula is C13H27NO2. The van der Waals surface area contributed by atoms with E-state index in [1.165, 1.54) is 6.42 Å². The summed E-state index contributed by atoms with van der Waals surface area (Å²) in [6.45, 7) is 9.41. The van der Waals surface area contributed by atoms with Gasteiger partial charge in [0.2, 0.25) is 0 Å². The highest BCUT2D eigenvalue weighted by Crippen LogP contribution is 2.27. The van der Waals surface area contributed by atoms with Crippen LogP contribution in [0.4, 0.5) is 0 Å². The number of methoxy groups -OCH3 is 1. The molecule has 1 N–H and O–H groups in total. The van der Waals surface area contributed by atoms with Crippen LogP contribution in [0, 0.1) is 5.92 Å². The minimum absolute atomic E-state index is 0.100. The van der Waals surface area contributed by atoms with Crippen LogP contribution in [-0.4, -0.2) is 38.5 Å². The molecule has 1 unspecified atom stereocenters.